The van der Waals surface area contributed by atoms with Gasteiger partial charge >= 0.3 is 5.97 Å². The molecular weight excluding hydrogens is 493 g/mol. The lowest BCUT2D eigenvalue weighted by atomic mass is 9.90. The first-order valence-electron chi connectivity index (χ1n) is 13.1. The molecule has 1 aliphatic rings. The summed E-state index contributed by atoms with van der Waals surface area (Å²) in [5.41, 5.74) is 5.73. The number of amides is 1. The number of carbonyl (C=O) groups excluding carboxylic acids is 1. The van der Waals surface area contributed by atoms with Crippen molar-refractivity contribution in [1.82, 2.24) is 15.2 Å². The summed E-state index contributed by atoms with van der Waals surface area (Å²) in [4.78, 5) is 32.0. The van der Waals surface area contributed by atoms with E-state index in [9.17, 15) is 19.1 Å². The van der Waals surface area contributed by atoms with Crippen molar-refractivity contribution in [3.05, 3.63) is 112 Å². The lowest BCUT2D eigenvalue weighted by molar-refractivity contribution is -0.139. The number of nitrogens with zero attached hydrogens (tertiary/aromatic N) is 2. The third-order valence-corrected chi connectivity index (χ3v) is 7.59. The smallest absolute Gasteiger partial charge is 0.326 e. The van der Waals surface area contributed by atoms with Gasteiger partial charge in [0.1, 0.15) is 11.9 Å². The molecule has 2 N–H and O–H groups in total. The summed E-state index contributed by atoms with van der Waals surface area (Å²) in [5, 5.41) is 14.8. The first kappa shape index (κ1) is 26.5. The Hall–Kier alpha value is -4.10. The van der Waals surface area contributed by atoms with Crippen LogP contribution in [0, 0.1) is 12.7 Å². The molecular formula is C32H32FN3O3. The van der Waals surface area contributed by atoms with Gasteiger partial charge in [-0.25, -0.2) is 9.18 Å². The van der Waals surface area contributed by atoms with Crippen LogP contribution in [0.1, 0.15) is 56.2 Å². The lowest BCUT2D eigenvalue weighted by Gasteiger charge is -2.19. The van der Waals surface area contributed by atoms with Crippen LogP contribution >= 0.6 is 0 Å². The van der Waals surface area contributed by atoms with Crippen LogP contribution in [0.3, 0.4) is 0 Å². The third-order valence-electron chi connectivity index (χ3n) is 7.59. The van der Waals surface area contributed by atoms with Gasteiger partial charge in [-0.05, 0) is 79.2 Å². The number of aryl methyl sites for hydroxylation is 1. The fraction of sp³-hybridized carbons (Fsp3) is 0.281. The van der Waals surface area contributed by atoms with Crippen molar-refractivity contribution in [2.24, 2.45) is 0 Å². The SMILES string of the molecule is Cc1cccc(F)c1C(=O)NC(Cc1cccc2c1CC[C@@H]2c1nccc2c(CN(C)C)cccc12)C(=O)O. The summed E-state index contributed by atoms with van der Waals surface area (Å²) in [6.07, 6.45) is 3.65. The van der Waals surface area contributed by atoms with Crippen LogP contribution in [0.15, 0.2) is 66.9 Å². The molecule has 0 saturated carbocycles. The largest absolute Gasteiger partial charge is 0.480 e. The summed E-state index contributed by atoms with van der Waals surface area (Å²) in [6.45, 7) is 2.46. The lowest BCUT2D eigenvalue weighted by Crippen LogP contribution is -2.43. The number of pyridine rings is 1. The Morgan fingerprint density at radius 2 is 1.79 bits per heavy atom. The summed E-state index contributed by atoms with van der Waals surface area (Å²) in [6, 6.07) is 17.5. The molecule has 1 aromatic heterocycles. The first-order chi connectivity index (χ1) is 18.7. The summed E-state index contributed by atoms with van der Waals surface area (Å²) < 4.78 is 14.3. The van der Waals surface area contributed by atoms with Crippen LogP contribution in [-0.2, 0) is 24.2 Å². The van der Waals surface area contributed by atoms with E-state index in [0.29, 0.717) is 5.56 Å². The van der Waals surface area contributed by atoms with E-state index in [1.54, 1.807) is 13.0 Å². The normalized spacial score (nSPS) is 15.4. The highest BCUT2D eigenvalue weighted by Crippen LogP contribution is 2.41. The summed E-state index contributed by atoms with van der Waals surface area (Å²) >= 11 is 0. The minimum absolute atomic E-state index is 0.0946. The van der Waals surface area contributed by atoms with Crippen molar-refractivity contribution in [2.75, 3.05) is 14.1 Å². The predicted molar refractivity (Wildman–Crippen MR) is 149 cm³/mol. The fourth-order valence-electron chi connectivity index (χ4n) is 5.83. The molecule has 0 aliphatic heterocycles. The van der Waals surface area contributed by atoms with E-state index >= 15 is 0 Å². The maximum Gasteiger partial charge on any atom is 0.326 e. The van der Waals surface area contributed by atoms with Crippen molar-refractivity contribution in [1.29, 1.82) is 0 Å². The maximum absolute atomic E-state index is 14.3. The second-order valence-electron chi connectivity index (χ2n) is 10.5. The molecule has 0 bridgehead atoms. The Morgan fingerprint density at radius 3 is 2.54 bits per heavy atom. The number of rotatable bonds is 8. The molecule has 4 aromatic rings. The van der Waals surface area contributed by atoms with E-state index in [4.69, 9.17) is 4.98 Å². The quantitative estimate of drug-likeness (QED) is 0.329. The molecule has 7 heteroatoms. The molecule has 1 aliphatic carbocycles. The van der Waals surface area contributed by atoms with Crippen molar-refractivity contribution in [2.45, 2.75) is 44.7 Å². The number of carbonyl (C=O) groups is 2. The van der Waals surface area contributed by atoms with Crippen LogP contribution in [0.4, 0.5) is 4.39 Å². The number of aliphatic carboxylic acids is 1. The van der Waals surface area contributed by atoms with Crippen molar-refractivity contribution < 1.29 is 19.1 Å². The molecule has 5 rings (SSSR count). The van der Waals surface area contributed by atoms with Crippen molar-refractivity contribution >= 4 is 22.6 Å². The Balaban J connectivity index is 1.45. The van der Waals surface area contributed by atoms with E-state index in [2.05, 4.69) is 54.6 Å². The fourth-order valence-corrected chi connectivity index (χ4v) is 5.83. The molecule has 0 saturated heterocycles. The van der Waals surface area contributed by atoms with Gasteiger partial charge < -0.3 is 15.3 Å². The van der Waals surface area contributed by atoms with E-state index in [1.807, 2.05) is 18.3 Å². The third kappa shape index (κ3) is 5.27. The molecule has 1 amide bonds. The standard InChI is InChI=1S/C32H32FN3O3/c1-19-7-4-12-27(33)29(19)31(37)35-28(32(38)39)17-20-8-5-10-24-22(20)13-14-26(24)30-25-11-6-9-21(18-36(2)3)23(25)15-16-34-30/h4-12,15-16,26,28H,13-14,17-18H2,1-3H3,(H,35,37)(H,38,39)/t26-,28?/m0/s1. The zero-order valence-electron chi connectivity index (χ0n) is 22.4. The average Bonchev–Trinajstić information content (AvgIpc) is 3.32. The second-order valence-corrected chi connectivity index (χ2v) is 10.5. The summed E-state index contributed by atoms with van der Waals surface area (Å²) in [7, 11) is 4.11. The van der Waals surface area contributed by atoms with Gasteiger partial charge in [-0.15, -0.1) is 0 Å². The number of nitrogens with one attached hydrogen (secondary N) is 1. The van der Waals surface area contributed by atoms with Crippen LogP contribution in [0.5, 0.6) is 0 Å². The highest BCUT2D eigenvalue weighted by molar-refractivity contribution is 5.98. The topological polar surface area (TPSA) is 82.5 Å². The summed E-state index contributed by atoms with van der Waals surface area (Å²) in [5.74, 6) is -2.46. The predicted octanol–water partition coefficient (Wildman–Crippen LogP) is 5.25. The number of halogens is 1. The van der Waals surface area contributed by atoms with E-state index in [-0.39, 0.29) is 17.9 Å². The number of carboxylic acids is 1. The number of benzene rings is 3. The molecule has 0 spiro atoms. The van der Waals surface area contributed by atoms with Gasteiger partial charge in [-0.3, -0.25) is 9.78 Å². The molecule has 2 atom stereocenters. The van der Waals surface area contributed by atoms with E-state index in [1.165, 1.54) is 23.1 Å². The van der Waals surface area contributed by atoms with Crippen LogP contribution in [0.25, 0.3) is 10.8 Å². The zero-order chi connectivity index (χ0) is 27.7. The molecule has 0 fully saturated rings. The second kappa shape index (κ2) is 10.9. The zero-order valence-corrected chi connectivity index (χ0v) is 22.4. The van der Waals surface area contributed by atoms with Crippen LogP contribution < -0.4 is 5.32 Å². The molecule has 200 valence electrons. The molecule has 0 radical (unpaired) electrons. The van der Waals surface area contributed by atoms with Gasteiger partial charge in [0, 0.05) is 30.5 Å². The molecule has 1 unspecified atom stereocenters. The van der Waals surface area contributed by atoms with Gasteiger partial charge in [-0.2, -0.15) is 0 Å². The highest BCUT2D eigenvalue weighted by Gasteiger charge is 2.31. The monoisotopic (exact) mass is 525 g/mol. The van der Waals surface area contributed by atoms with E-state index < -0.39 is 23.7 Å². The van der Waals surface area contributed by atoms with Gasteiger partial charge in [0.05, 0.1) is 11.3 Å². The Kier molecular flexibility index (Phi) is 7.44. The number of carboxylic acid groups (broad SMARTS) is 1. The molecule has 39 heavy (non-hydrogen) atoms. The van der Waals surface area contributed by atoms with Gasteiger partial charge in [-0.1, -0.05) is 48.5 Å². The molecule has 6 nitrogen and oxygen atoms in total. The highest BCUT2D eigenvalue weighted by atomic mass is 19.1. The average molecular weight is 526 g/mol. The Morgan fingerprint density at radius 1 is 1.05 bits per heavy atom. The minimum Gasteiger partial charge on any atom is -0.480 e. The van der Waals surface area contributed by atoms with Crippen LogP contribution in [0.2, 0.25) is 0 Å². The van der Waals surface area contributed by atoms with E-state index in [0.717, 1.165) is 47.2 Å². The van der Waals surface area contributed by atoms with Crippen molar-refractivity contribution in [3.8, 4) is 0 Å². The number of fused-ring (bicyclic) bond motifs is 2. The first-order valence-corrected chi connectivity index (χ1v) is 13.1. The number of aromatic nitrogens is 1. The van der Waals surface area contributed by atoms with Gasteiger partial charge in [0.25, 0.3) is 5.91 Å². The Labute approximate surface area is 227 Å². The number of hydrogen-bond donors (Lipinski definition) is 2. The van der Waals surface area contributed by atoms with Crippen LogP contribution in [-0.4, -0.2) is 47.0 Å². The van der Waals surface area contributed by atoms with Crippen molar-refractivity contribution in [3.63, 3.8) is 0 Å². The molecule has 3 aromatic carbocycles. The minimum atomic E-state index is -1.19. The molecule has 1 heterocycles. The van der Waals surface area contributed by atoms with Gasteiger partial charge in [0.15, 0.2) is 0 Å². The maximum atomic E-state index is 14.3. The number of hydrogen-bond acceptors (Lipinski definition) is 4. The van der Waals surface area contributed by atoms with Gasteiger partial charge in [0.2, 0.25) is 0 Å². The Bertz CT molecular complexity index is 1550.